The van der Waals surface area contributed by atoms with Crippen LogP contribution in [-0.2, 0) is 0 Å². The summed E-state index contributed by atoms with van der Waals surface area (Å²) in [5.74, 6) is 1.06. The van der Waals surface area contributed by atoms with Gasteiger partial charge >= 0.3 is 0 Å². The number of thioether (sulfide) groups is 2. The van der Waals surface area contributed by atoms with E-state index in [4.69, 9.17) is 0 Å². The molecule has 15 heavy (non-hydrogen) atoms. The molecule has 0 saturated heterocycles. The summed E-state index contributed by atoms with van der Waals surface area (Å²) in [6.45, 7) is 15.2. The molecule has 0 amide bonds. The van der Waals surface area contributed by atoms with E-state index >= 15 is 0 Å². The lowest BCUT2D eigenvalue weighted by molar-refractivity contribution is 0.129. The Hall–Kier alpha value is 0.660. The van der Waals surface area contributed by atoms with Crippen LogP contribution in [0, 0.1) is 5.41 Å². The molecule has 0 aromatic heterocycles. The van der Waals surface area contributed by atoms with Gasteiger partial charge in [-0.05, 0) is 12.7 Å². The van der Waals surface area contributed by atoms with Gasteiger partial charge in [-0.25, -0.2) is 0 Å². The summed E-state index contributed by atoms with van der Waals surface area (Å²) in [4.78, 5) is 0. The van der Waals surface area contributed by atoms with Crippen molar-refractivity contribution < 1.29 is 5.11 Å². The van der Waals surface area contributed by atoms with Crippen molar-refractivity contribution in [2.75, 3.05) is 5.75 Å². The summed E-state index contributed by atoms with van der Waals surface area (Å²) in [7, 11) is 0. The minimum atomic E-state index is -0.557. The SMILES string of the molecule is CCSC1(SC(C)(C)C)C(C)(C)C1(C)O. The summed E-state index contributed by atoms with van der Waals surface area (Å²) < 4.78 is 0.160. The van der Waals surface area contributed by atoms with Crippen LogP contribution in [-0.4, -0.2) is 25.3 Å². The van der Waals surface area contributed by atoms with Crippen LogP contribution in [0.3, 0.4) is 0 Å². The Balaban J connectivity index is 2.95. The van der Waals surface area contributed by atoms with Crippen LogP contribution >= 0.6 is 23.5 Å². The van der Waals surface area contributed by atoms with Crippen LogP contribution in [0.1, 0.15) is 48.5 Å². The molecule has 0 aliphatic heterocycles. The Kier molecular flexibility index (Phi) is 3.27. The van der Waals surface area contributed by atoms with Gasteiger partial charge in [-0.3, -0.25) is 0 Å². The second-order valence-electron chi connectivity index (χ2n) is 5.96. The third-order valence-electron chi connectivity index (χ3n) is 3.42. The standard InChI is InChI=1S/C12H24OS2/c1-8-14-12(15-9(2,3)4)10(5,6)11(12,7)13/h13H,8H2,1-7H3. The van der Waals surface area contributed by atoms with E-state index in [-0.39, 0.29) is 14.2 Å². The molecule has 1 rings (SSSR count). The van der Waals surface area contributed by atoms with E-state index in [1.807, 2.05) is 30.4 Å². The van der Waals surface area contributed by atoms with Crippen LogP contribution in [0.25, 0.3) is 0 Å². The van der Waals surface area contributed by atoms with E-state index in [1.165, 1.54) is 0 Å². The lowest BCUT2D eigenvalue weighted by Crippen LogP contribution is -2.23. The average molecular weight is 248 g/mol. The fourth-order valence-electron chi connectivity index (χ4n) is 2.19. The first-order valence-corrected chi connectivity index (χ1v) is 7.38. The molecule has 1 aliphatic carbocycles. The second-order valence-corrected chi connectivity index (χ2v) is 9.74. The summed E-state index contributed by atoms with van der Waals surface area (Å²) in [6, 6.07) is 0. The highest BCUT2D eigenvalue weighted by Gasteiger charge is 2.81. The molecule has 90 valence electrons. The maximum absolute atomic E-state index is 10.5. The van der Waals surface area contributed by atoms with Crippen LogP contribution in [0.15, 0.2) is 0 Å². The molecule has 1 saturated carbocycles. The first-order valence-electron chi connectivity index (χ1n) is 5.58. The molecular formula is C12H24OS2. The van der Waals surface area contributed by atoms with Crippen LogP contribution < -0.4 is 0 Å². The fourth-order valence-corrected chi connectivity index (χ4v) is 6.70. The zero-order chi connectivity index (χ0) is 12.1. The summed E-state index contributed by atoms with van der Waals surface area (Å²) in [6.07, 6.45) is 0. The van der Waals surface area contributed by atoms with Gasteiger partial charge in [-0.1, -0.05) is 41.5 Å². The van der Waals surface area contributed by atoms with Gasteiger partial charge in [0.25, 0.3) is 0 Å². The molecule has 0 aromatic carbocycles. The Morgan fingerprint density at radius 1 is 1.13 bits per heavy atom. The normalized spacial score (nSPS) is 39.2. The summed E-state index contributed by atoms with van der Waals surface area (Å²) in [5.41, 5.74) is -0.558. The Morgan fingerprint density at radius 3 is 1.73 bits per heavy atom. The maximum atomic E-state index is 10.5. The van der Waals surface area contributed by atoms with E-state index < -0.39 is 5.60 Å². The number of hydrogen-bond acceptors (Lipinski definition) is 3. The molecule has 0 heterocycles. The highest BCUT2D eigenvalue weighted by molar-refractivity contribution is 8.19. The summed E-state index contributed by atoms with van der Waals surface area (Å²) >= 11 is 3.82. The third kappa shape index (κ3) is 1.85. The Morgan fingerprint density at radius 2 is 1.53 bits per heavy atom. The van der Waals surface area contributed by atoms with E-state index in [0.717, 1.165) is 5.75 Å². The molecule has 1 fully saturated rings. The molecule has 0 spiro atoms. The van der Waals surface area contributed by atoms with E-state index in [2.05, 4.69) is 41.5 Å². The molecule has 2 unspecified atom stereocenters. The molecule has 1 nitrogen and oxygen atoms in total. The van der Waals surface area contributed by atoms with Crippen molar-refractivity contribution in [3.63, 3.8) is 0 Å². The number of aliphatic hydroxyl groups is 1. The largest absolute Gasteiger partial charge is 0.387 e. The highest BCUT2D eigenvalue weighted by Crippen LogP contribution is 2.78. The van der Waals surface area contributed by atoms with Crippen LogP contribution in [0.5, 0.6) is 0 Å². The van der Waals surface area contributed by atoms with Crippen molar-refractivity contribution in [2.24, 2.45) is 5.41 Å². The topological polar surface area (TPSA) is 20.2 Å². The van der Waals surface area contributed by atoms with Gasteiger partial charge in [0.1, 0.15) is 0 Å². The minimum absolute atomic E-state index is 0.00137. The molecule has 0 aromatic rings. The quantitative estimate of drug-likeness (QED) is 0.768. The van der Waals surface area contributed by atoms with Crippen LogP contribution in [0.2, 0.25) is 0 Å². The van der Waals surface area contributed by atoms with Crippen molar-refractivity contribution in [3.8, 4) is 0 Å². The zero-order valence-corrected chi connectivity index (χ0v) is 12.6. The van der Waals surface area contributed by atoms with Gasteiger partial charge in [0.15, 0.2) is 0 Å². The van der Waals surface area contributed by atoms with Gasteiger partial charge < -0.3 is 5.11 Å². The third-order valence-corrected chi connectivity index (χ3v) is 7.43. The first kappa shape index (κ1) is 13.7. The van der Waals surface area contributed by atoms with Gasteiger partial charge in [-0.2, -0.15) is 0 Å². The van der Waals surface area contributed by atoms with Crippen molar-refractivity contribution >= 4 is 23.5 Å². The van der Waals surface area contributed by atoms with Crippen molar-refractivity contribution in [3.05, 3.63) is 0 Å². The van der Waals surface area contributed by atoms with Crippen molar-refractivity contribution in [1.82, 2.24) is 0 Å². The molecule has 0 bridgehead atoms. The maximum Gasteiger partial charge on any atom is 0.0983 e. The highest BCUT2D eigenvalue weighted by atomic mass is 32.2. The predicted octanol–water partition coefficient (Wildman–Crippen LogP) is 3.76. The average Bonchev–Trinajstić information content (AvgIpc) is 2.27. The molecule has 3 heteroatoms. The zero-order valence-electron chi connectivity index (χ0n) is 11.0. The molecular weight excluding hydrogens is 224 g/mol. The monoisotopic (exact) mass is 248 g/mol. The van der Waals surface area contributed by atoms with Crippen molar-refractivity contribution in [1.29, 1.82) is 0 Å². The van der Waals surface area contributed by atoms with Gasteiger partial charge in [0, 0.05) is 10.2 Å². The lowest BCUT2D eigenvalue weighted by atomic mass is 10.1. The van der Waals surface area contributed by atoms with E-state index in [9.17, 15) is 5.11 Å². The molecule has 0 radical (unpaired) electrons. The Labute approximate surface area is 103 Å². The molecule has 1 aliphatic rings. The van der Waals surface area contributed by atoms with Crippen LogP contribution in [0.4, 0.5) is 0 Å². The molecule has 1 N–H and O–H groups in total. The predicted molar refractivity (Wildman–Crippen MR) is 72.6 cm³/mol. The van der Waals surface area contributed by atoms with Gasteiger partial charge in [0.05, 0.1) is 9.68 Å². The second kappa shape index (κ2) is 3.58. The number of hydrogen-bond donors (Lipinski definition) is 1. The Bertz CT molecular complexity index is 237. The molecule has 2 atom stereocenters. The van der Waals surface area contributed by atoms with Gasteiger partial charge in [-0.15, -0.1) is 23.5 Å². The smallest absolute Gasteiger partial charge is 0.0983 e. The summed E-state index contributed by atoms with van der Waals surface area (Å²) in [5, 5.41) is 10.5. The first-order chi connectivity index (χ1) is 6.52. The number of rotatable bonds is 3. The van der Waals surface area contributed by atoms with Crippen molar-refractivity contribution in [2.45, 2.75) is 62.9 Å². The minimum Gasteiger partial charge on any atom is -0.387 e. The lowest BCUT2D eigenvalue weighted by Gasteiger charge is -2.28. The van der Waals surface area contributed by atoms with E-state index in [0.29, 0.717) is 0 Å². The fraction of sp³-hybridized carbons (Fsp3) is 1.00. The van der Waals surface area contributed by atoms with Gasteiger partial charge in [0.2, 0.25) is 0 Å². The van der Waals surface area contributed by atoms with E-state index in [1.54, 1.807) is 0 Å².